The predicted molar refractivity (Wildman–Crippen MR) is 104 cm³/mol. The smallest absolute Gasteiger partial charge is 0.320 e. The SMILES string of the molecule is CNCCCNC1CC(C)N1C(C)NC(=O)Nc1ccc(Cl)c(Cl)c1. The van der Waals surface area contributed by atoms with Gasteiger partial charge in [-0.3, -0.25) is 4.90 Å². The quantitative estimate of drug-likeness (QED) is 0.517. The lowest BCUT2D eigenvalue weighted by Gasteiger charge is -2.50. The second kappa shape index (κ2) is 9.59. The Morgan fingerprint density at radius 3 is 2.72 bits per heavy atom. The Balaban J connectivity index is 1.81. The predicted octanol–water partition coefficient (Wildman–Crippen LogP) is 3.08. The Bertz CT molecular complexity index is 586. The largest absolute Gasteiger partial charge is 0.323 e. The molecule has 4 N–H and O–H groups in total. The summed E-state index contributed by atoms with van der Waals surface area (Å²) in [4.78, 5) is 14.5. The maximum Gasteiger partial charge on any atom is 0.320 e. The minimum Gasteiger partial charge on any atom is -0.323 e. The standard InChI is InChI=1S/C17H27Cl2N5O/c1-11-9-16(21-8-4-7-20-3)24(11)12(2)22-17(25)23-13-5-6-14(18)15(19)10-13/h5-6,10-12,16,20-21H,4,7-9H2,1-3H3,(H2,22,23,25). The van der Waals surface area contributed by atoms with E-state index in [9.17, 15) is 4.79 Å². The van der Waals surface area contributed by atoms with E-state index in [0.717, 1.165) is 25.9 Å². The molecular formula is C17H27Cl2N5O. The van der Waals surface area contributed by atoms with Gasteiger partial charge in [0, 0.05) is 11.7 Å². The molecule has 0 saturated carbocycles. The maximum absolute atomic E-state index is 12.2. The van der Waals surface area contributed by atoms with E-state index in [2.05, 4.69) is 33.1 Å². The van der Waals surface area contributed by atoms with Crippen molar-refractivity contribution in [2.24, 2.45) is 0 Å². The number of hydrogen-bond acceptors (Lipinski definition) is 4. The molecule has 0 bridgehead atoms. The molecule has 25 heavy (non-hydrogen) atoms. The van der Waals surface area contributed by atoms with Crippen LogP contribution in [-0.2, 0) is 0 Å². The molecule has 2 amide bonds. The van der Waals surface area contributed by atoms with E-state index in [1.165, 1.54) is 0 Å². The molecule has 1 aromatic carbocycles. The summed E-state index contributed by atoms with van der Waals surface area (Å²) in [7, 11) is 1.95. The van der Waals surface area contributed by atoms with E-state index in [-0.39, 0.29) is 12.2 Å². The number of halogens is 2. The number of urea groups is 1. The summed E-state index contributed by atoms with van der Waals surface area (Å²) in [5.74, 6) is 0. The Hall–Kier alpha value is -1.05. The highest BCUT2D eigenvalue weighted by molar-refractivity contribution is 6.42. The van der Waals surface area contributed by atoms with Crippen LogP contribution < -0.4 is 21.3 Å². The first-order valence-electron chi connectivity index (χ1n) is 8.60. The first kappa shape index (κ1) is 20.3. The fourth-order valence-electron chi connectivity index (χ4n) is 3.12. The van der Waals surface area contributed by atoms with E-state index < -0.39 is 0 Å². The van der Waals surface area contributed by atoms with Gasteiger partial charge in [-0.2, -0.15) is 0 Å². The molecule has 2 rings (SSSR count). The van der Waals surface area contributed by atoms with Crippen molar-refractivity contribution in [3.05, 3.63) is 28.2 Å². The number of benzene rings is 1. The molecule has 1 saturated heterocycles. The van der Waals surface area contributed by atoms with Gasteiger partial charge in [-0.15, -0.1) is 0 Å². The molecule has 8 heteroatoms. The molecule has 140 valence electrons. The summed E-state index contributed by atoms with van der Waals surface area (Å²) in [5, 5.41) is 13.3. The van der Waals surface area contributed by atoms with E-state index in [0.29, 0.717) is 27.9 Å². The van der Waals surface area contributed by atoms with Crippen LogP contribution in [0.15, 0.2) is 18.2 Å². The van der Waals surface area contributed by atoms with Crippen molar-refractivity contribution in [1.29, 1.82) is 0 Å². The van der Waals surface area contributed by atoms with Gasteiger partial charge in [0.2, 0.25) is 0 Å². The van der Waals surface area contributed by atoms with Crippen LogP contribution >= 0.6 is 23.2 Å². The Morgan fingerprint density at radius 1 is 1.32 bits per heavy atom. The highest BCUT2D eigenvalue weighted by atomic mass is 35.5. The van der Waals surface area contributed by atoms with Gasteiger partial charge in [-0.1, -0.05) is 23.2 Å². The first-order valence-corrected chi connectivity index (χ1v) is 9.36. The van der Waals surface area contributed by atoms with Crippen LogP contribution in [0, 0.1) is 0 Å². The van der Waals surface area contributed by atoms with Crippen LogP contribution in [0.5, 0.6) is 0 Å². The fourth-order valence-corrected chi connectivity index (χ4v) is 3.41. The molecule has 3 unspecified atom stereocenters. The lowest BCUT2D eigenvalue weighted by atomic mass is 9.99. The number of rotatable bonds is 8. The number of likely N-dealkylation sites (tertiary alicyclic amines) is 1. The summed E-state index contributed by atoms with van der Waals surface area (Å²) in [6, 6.07) is 5.18. The van der Waals surface area contributed by atoms with Gasteiger partial charge in [0.15, 0.2) is 0 Å². The van der Waals surface area contributed by atoms with Crippen molar-refractivity contribution >= 4 is 34.9 Å². The molecule has 3 atom stereocenters. The highest BCUT2D eigenvalue weighted by Crippen LogP contribution is 2.26. The zero-order valence-electron chi connectivity index (χ0n) is 14.9. The van der Waals surface area contributed by atoms with Crippen LogP contribution in [0.25, 0.3) is 0 Å². The van der Waals surface area contributed by atoms with Crippen molar-refractivity contribution in [1.82, 2.24) is 20.9 Å². The molecule has 0 radical (unpaired) electrons. The molecule has 0 aromatic heterocycles. The average Bonchev–Trinajstić information content (AvgIpc) is 2.53. The summed E-state index contributed by atoms with van der Waals surface area (Å²) >= 11 is 11.9. The third kappa shape index (κ3) is 5.72. The molecule has 6 nitrogen and oxygen atoms in total. The van der Waals surface area contributed by atoms with Crippen molar-refractivity contribution in [3.63, 3.8) is 0 Å². The number of nitrogens with one attached hydrogen (secondary N) is 4. The maximum atomic E-state index is 12.2. The molecule has 1 fully saturated rings. The van der Waals surface area contributed by atoms with Crippen molar-refractivity contribution < 1.29 is 4.79 Å². The second-order valence-electron chi connectivity index (χ2n) is 6.36. The fraction of sp³-hybridized carbons (Fsp3) is 0.588. The van der Waals surface area contributed by atoms with Gasteiger partial charge in [0.25, 0.3) is 0 Å². The third-order valence-corrected chi connectivity index (χ3v) is 5.12. The summed E-state index contributed by atoms with van der Waals surface area (Å²) in [6.07, 6.45) is 2.38. The lowest BCUT2D eigenvalue weighted by molar-refractivity contribution is -0.0344. The molecule has 1 aliphatic heterocycles. The van der Waals surface area contributed by atoms with E-state index in [1.807, 2.05) is 14.0 Å². The summed E-state index contributed by atoms with van der Waals surface area (Å²) in [5.41, 5.74) is 0.609. The van der Waals surface area contributed by atoms with Crippen molar-refractivity contribution in [3.8, 4) is 0 Å². The number of hydrogen-bond donors (Lipinski definition) is 4. The molecular weight excluding hydrogens is 361 g/mol. The number of anilines is 1. The third-order valence-electron chi connectivity index (χ3n) is 4.38. The van der Waals surface area contributed by atoms with Crippen LogP contribution in [0.1, 0.15) is 26.7 Å². The molecule has 1 heterocycles. The zero-order chi connectivity index (χ0) is 18.4. The highest BCUT2D eigenvalue weighted by Gasteiger charge is 2.38. The first-order chi connectivity index (χ1) is 11.9. The summed E-state index contributed by atoms with van der Waals surface area (Å²) in [6.45, 7) is 6.11. The lowest BCUT2D eigenvalue weighted by Crippen LogP contribution is -2.67. The van der Waals surface area contributed by atoms with Crippen LogP contribution in [0.4, 0.5) is 10.5 Å². The van der Waals surface area contributed by atoms with Gasteiger partial charge in [-0.25, -0.2) is 4.79 Å². The van der Waals surface area contributed by atoms with Gasteiger partial charge in [0.05, 0.1) is 22.4 Å². The van der Waals surface area contributed by atoms with Gasteiger partial charge in [0.1, 0.15) is 0 Å². The van der Waals surface area contributed by atoms with Crippen LogP contribution in [-0.4, -0.2) is 49.4 Å². The minimum atomic E-state index is -0.265. The molecule has 0 aliphatic carbocycles. The van der Waals surface area contributed by atoms with E-state index in [1.54, 1.807) is 18.2 Å². The topological polar surface area (TPSA) is 68.4 Å². The Labute approximate surface area is 159 Å². The molecule has 0 spiro atoms. The van der Waals surface area contributed by atoms with Gasteiger partial charge < -0.3 is 21.3 Å². The normalized spacial score (nSPS) is 21.5. The van der Waals surface area contributed by atoms with Crippen molar-refractivity contribution in [2.75, 3.05) is 25.5 Å². The van der Waals surface area contributed by atoms with Gasteiger partial charge >= 0.3 is 6.03 Å². The molecule has 1 aromatic rings. The number of carbonyl (C=O) groups is 1. The molecule has 1 aliphatic rings. The van der Waals surface area contributed by atoms with E-state index in [4.69, 9.17) is 23.2 Å². The monoisotopic (exact) mass is 387 g/mol. The average molecular weight is 388 g/mol. The number of nitrogens with zero attached hydrogens (tertiary/aromatic N) is 1. The number of amides is 2. The zero-order valence-corrected chi connectivity index (χ0v) is 16.4. The van der Waals surface area contributed by atoms with E-state index >= 15 is 0 Å². The number of carbonyl (C=O) groups excluding carboxylic acids is 1. The van der Waals surface area contributed by atoms with Crippen LogP contribution in [0.3, 0.4) is 0 Å². The van der Waals surface area contributed by atoms with Crippen LogP contribution in [0.2, 0.25) is 10.0 Å². The summed E-state index contributed by atoms with van der Waals surface area (Å²) < 4.78 is 0. The second-order valence-corrected chi connectivity index (χ2v) is 7.18. The minimum absolute atomic E-state index is 0.0756. The Kier molecular flexibility index (Phi) is 7.78. The van der Waals surface area contributed by atoms with Gasteiger partial charge in [-0.05, 0) is 65.0 Å². The Morgan fingerprint density at radius 2 is 2.08 bits per heavy atom. The van der Waals surface area contributed by atoms with Crippen molar-refractivity contribution in [2.45, 2.75) is 45.1 Å².